The van der Waals surface area contributed by atoms with Crippen LogP contribution in [0.2, 0.25) is 5.02 Å². The summed E-state index contributed by atoms with van der Waals surface area (Å²) in [6, 6.07) is 12.3. The van der Waals surface area contributed by atoms with Crippen LogP contribution in [-0.4, -0.2) is 6.61 Å². The molecule has 0 atom stereocenters. The highest BCUT2D eigenvalue weighted by Crippen LogP contribution is 2.25. The van der Waals surface area contributed by atoms with Crippen molar-refractivity contribution in [1.29, 1.82) is 0 Å². The minimum atomic E-state index is -0.215. The van der Waals surface area contributed by atoms with Crippen molar-refractivity contribution in [3.05, 3.63) is 64.4 Å². The first-order valence-electron chi connectivity index (χ1n) is 7.05. The van der Waals surface area contributed by atoms with Gasteiger partial charge in [-0.15, -0.1) is 0 Å². The molecule has 0 heterocycles. The van der Waals surface area contributed by atoms with Crippen LogP contribution >= 0.6 is 11.6 Å². The smallest absolute Gasteiger partial charge is 0.137 e. The molecule has 2 aromatic rings. The molecule has 0 saturated carbocycles. The monoisotopic (exact) mass is 307 g/mol. The highest BCUT2D eigenvalue weighted by Gasteiger charge is 2.03. The lowest BCUT2D eigenvalue weighted by molar-refractivity contribution is 0.317. The molecule has 1 N–H and O–H groups in total. The van der Waals surface area contributed by atoms with Crippen molar-refractivity contribution in [3.8, 4) is 5.75 Å². The number of benzene rings is 2. The van der Waals surface area contributed by atoms with Crippen molar-refractivity contribution in [2.24, 2.45) is 0 Å². The van der Waals surface area contributed by atoms with Gasteiger partial charge < -0.3 is 10.1 Å². The summed E-state index contributed by atoms with van der Waals surface area (Å²) in [5.41, 5.74) is 2.14. The van der Waals surface area contributed by atoms with E-state index in [0.29, 0.717) is 24.7 Å². The van der Waals surface area contributed by atoms with E-state index in [0.717, 1.165) is 23.3 Å². The van der Waals surface area contributed by atoms with Crippen LogP contribution in [0.3, 0.4) is 0 Å². The molecule has 2 rings (SSSR count). The fraction of sp³-hybridized carbons (Fsp3) is 0.294. The number of hydrogen-bond acceptors (Lipinski definition) is 2. The van der Waals surface area contributed by atoms with Crippen molar-refractivity contribution in [2.45, 2.75) is 26.4 Å². The van der Waals surface area contributed by atoms with Gasteiger partial charge in [-0.05, 0) is 41.8 Å². The van der Waals surface area contributed by atoms with Crippen LogP contribution in [0.4, 0.5) is 4.39 Å². The topological polar surface area (TPSA) is 21.3 Å². The Morgan fingerprint density at radius 3 is 2.38 bits per heavy atom. The minimum absolute atomic E-state index is 0.215. The van der Waals surface area contributed by atoms with Gasteiger partial charge in [0.05, 0.1) is 11.6 Å². The second-order valence-corrected chi connectivity index (χ2v) is 5.25. The van der Waals surface area contributed by atoms with Gasteiger partial charge in [-0.25, -0.2) is 4.39 Å². The van der Waals surface area contributed by atoms with E-state index < -0.39 is 0 Å². The molecule has 0 spiro atoms. The summed E-state index contributed by atoms with van der Waals surface area (Å²) in [4.78, 5) is 0. The molecule has 0 aromatic heterocycles. The van der Waals surface area contributed by atoms with E-state index in [1.165, 1.54) is 12.1 Å². The predicted molar refractivity (Wildman–Crippen MR) is 84.2 cm³/mol. The average molecular weight is 308 g/mol. The van der Waals surface area contributed by atoms with Crippen molar-refractivity contribution in [1.82, 2.24) is 5.32 Å². The zero-order valence-corrected chi connectivity index (χ0v) is 12.8. The zero-order chi connectivity index (χ0) is 15.1. The van der Waals surface area contributed by atoms with Crippen molar-refractivity contribution in [3.63, 3.8) is 0 Å². The quantitative estimate of drug-likeness (QED) is 0.810. The zero-order valence-electron chi connectivity index (χ0n) is 12.0. The minimum Gasteiger partial charge on any atom is -0.492 e. The first-order valence-corrected chi connectivity index (χ1v) is 7.43. The van der Waals surface area contributed by atoms with Crippen molar-refractivity contribution < 1.29 is 9.13 Å². The Balaban J connectivity index is 1.85. The number of ether oxygens (including phenoxy) is 1. The SMILES string of the molecule is CCCOc1ccc(CNCc2ccc(F)cc2)cc1Cl. The standard InChI is InChI=1S/C17H19ClFNO/c1-2-9-21-17-8-5-14(10-16(17)18)12-20-11-13-3-6-15(19)7-4-13/h3-8,10,20H,2,9,11-12H2,1H3. The summed E-state index contributed by atoms with van der Waals surface area (Å²) in [6.07, 6.45) is 0.956. The lowest BCUT2D eigenvalue weighted by atomic mass is 10.2. The molecule has 21 heavy (non-hydrogen) atoms. The molecule has 0 fully saturated rings. The molecule has 112 valence electrons. The Kier molecular flexibility index (Phi) is 6.03. The molecule has 0 radical (unpaired) electrons. The van der Waals surface area contributed by atoms with E-state index in [9.17, 15) is 4.39 Å². The van der Waals surface area contributed by atoms with Crippen LogP contribution in [0.25, 0.3) is 0 Å². The van der Waals surface area contributed by atoms with E-state index in [1.54, 1.807) is 12.1 Å². The van der Waals surface area contributed by atoms with E-state index in [1.807, 2.05) is 18.2 Å². The van der Waals surface area contributed by atoms with E-state index >= 15 is 0 Å². The summed E-state index contributed by atoms with van der Waals surface area (Å²) in [7, 11) is 0. The highest BCUT2D eigenvalue weighted by atomic mass is 35.5. The van der Waals surface area contributed by atoms with Crippen LogP contribution in [0.5, 0.6) is 5.75 Å². The lowest BCUT2D eigenvalue weighted by Crippen LogP contribution is -2.12. The van der Waals surface area contributed by atoms with Gasteiger partial charge in [0.1, 0.15) is 11.6 Å². The Morgan fingerprint density at radius 2 is 1.71 bits per heavy atom. The molecule has 0 aliphatic heterocycles. The van der Waals surface area contributed by atoms with Gasteiger partial charge in [0.25, 0.3) is 0 Å². The van der Waals surface area contributed by atoms with Gasteiger partial charge in [-0.3, -0.25) is 0 Å². The fourth-order valence-corrected chi connectivity index (χ4v) is 2.19. The number of hydrogen-bond donors (Lipinski definition) is 1. The molecule has 0 amide bonds. The maximum Gasteiger partial charge on any atom is 0.137 e. The molecular formula is C17H19ClFNO. The molecular weight excluding hydrogens is 289 g/mol. The number of halogens is 2. The Bertz CT molecular complexity index is 572. The van der Waals surface area contributed by atoms with Crippen LogP contribution in [0.15, 0.2) is 42.5 Å². The summed E-state index contributed by atoms with van der Waals surface area (Å²) < 4.78 is 18.3. The van der Waals surface area contributed by atoms with Crippen LogP contribution in [-0.2, 0) is 13.1 Å². The van der Waals surface area contributed by atoms with Gasteiger partial charge in [0.15, 0.2) is 0 Å². The molecule has 0 saturated heterocycles. The Morgan fingerprint density at radius 1 is 1.05 bits per heavy atom. The fourth-order valence-electron chi connectivity index (χ4n) is 1.94. The first kappa shape index (κ1) is 15.8. The van der Waals surface area contributed by atoms with Gasteiger partial charge in [-0.1, -0.05) is 36.7 Å². The summed E-state index contributed by atoms with van der Waals surface area (Å²) in [5, 5.41) is 3.93. The van der Waals surface area contributed by atoms with Crippen LogP contribution in [0.1, 0.15) is 24.5 Å². The molecule has 0 bridgehead atoms. The molecule has 4 heteroatoms. The number of nitrogens with one attached hydrogen (secondary N) is 1. The summed E-state index contributed by atoms with van der Waals surface area (Å²) in [6.45, 7) is 4.11. The van der Waals surface area contributed by atoms with Crippen molar-refractivity contribution in [2.75, 3.05) is 6.61 Å². The van der Waals surface area contributed by atoms with Gasteiger partial charge in [-0.2, -0.15) is 0 Å². The normalized spacial score (nSPS) is 10.6. The van der Waals surface area contributed by atoms with Gasteiger partial charge in [0.2, 0.25) is 0 Å². The summed E-state index contributed by atoms with van der Waals surface area (Å²) >= 11 is 6.18. The maximum atomic E-state index is 12.8. The Labute approximate surface area is 129 Å². The largest absolute Gasteiger partial charge is 0.492 e. The molecule has 2 aromatic carbocycles. The first-order chi connectivity index (χ1) is 10.2. The van der Waals surface area contributed by atoms with Crippen LogP contribution in [0, 0.1) is 5.82 Å². The lowest BCUT2D eigenvalue weighted by Gasteiger charge is -2.09. The third kappa shape index (κ3) is 5.03. The van der Waals surface area contributed by atoms with E-state index in [4.69, 9.17) is 16.3 Å². The maximum absolute atomic E-state index is 12.8. The van der Waals surface area contributed by atoms with Crippen molar-refractivity contribution >= 4 is 11.6 Å². The molecule has 0 aliphatic carbocycles. The number of rotatable bonds is 7. The average Bonchev–Trinajstić information content (AvgIpc) is 2.48. The molecule has 0 aliphatic rings. The van der Waals surface area contributed by atoms with Gasteiger partial charge in [0, 0.05) is 13.1 Å². The Hall–Kier alpha value is -1.58. The second kappa shape index (κ2) is 8.01. The molecule has 0 unspecified atom stereocenters. The second-order valence-electron chi connectivity index (χ2n) is 4.84. The highest BCUT2D eigenvalue weighted by molar-refractivity contribution is 6.32. The van der Waals surface area contributed by atoms with Crippen LogP contribution < -0.4 is 10.1 Å². The van der Waals surface area contributed by atoms with E-state index in [2.05, 4.69) is 12.2 Å². The van der Waals surface area contributed by atoms with Gasteiger partial charge >= 0.3 is 0 Å². The summed E-state index contributed by atoms with van der Waals surface area (Å²) in [5.74, 6) is 0.508. The third-order valence-corrected chi connectivity index (χ3v) is 3.32. The predicted octanol–water partition coefficient (Wildman–Crippen LogP) is 4.56. The van der Waals surface area contributed by atoms with E-state index in [-0.39, 0.29) is 5.82 Å². The molecule has 2 nitrogen and oxygen atoms in total. The third-order valence-electron chi connectivity index (χ3n) is 3.03.